The van der Waals surface area contributed by atoms with Gasteiger partial charge in [-0.3, -0.25) is 19.7 Å². The van der Waals surface area contributed by atoms with Crippen LogP contribution in [0.2, 0.25) is 0 Å². The Kier molecular flexibility index (Phi) is 5.92. The van der Waals surface area contributed by atoms with E-state index in [9.17, 15) is 9.18 Å². The van der Waals surface area contributed by atoms with Gasteiger partial charge >= 0.3 is 0 Å². The number of nitrogens with zero attached hydrogens (tertiary/aromatic N) is 4. The van der Waals surface area contributed by atoms with E-state index in [1.165, 1.54) is 16.7 Å². The summed E-state index contributed by atoms with van der Waals surface area (Å²) in [6.45, 7) is 7.77. The minimum atomic E-state index is -0.161. The number of pyridine rings is 1. The summed E-state index contributed by atoms with van der Waals surface area (Å²) in [5.41, 5.74) is 9.69. The van der Waals surface area contributed by atoms with Crippen molar-refractivity contribution < 1.29 is 9.18 Å². The number of piperidine rings is 1. The molecule has 1 saturated heterocycles. The Morgan fingerprint density at radius 2 is 1.94 bits per heavy atom. The molecule has 5 nitrogen and oxygen atoms in total. The number of aliphatic imine (C=N–C) groups is 1. The Balaban J connectivity index is 1.21. The van der Waals surface area contributed by atoms with Gasteiger partial charge in [0.15, 0.2) is 0 Å². The van der Waals surface area contributed by atoms with Crippen molar-refractivity contribution in [1.82, 2.24) is 14.8 Å². The monoisotopic (exact) mass is 482 g/mol. The first-order valence-corrected chi connectivity index (χ1v) is 12.8. The molecule has 1 aromatic heterocycles. The van der Waals surface area contributed by atoms with E-state index in [1.54, 1.807) is 6.07 Å². The van der Waals surface area contributed by atoms with Crippen LogP contribution >= 0.6 is 0 Å². The van der Waals surface area contributed by atoms with Gasteiger partial charge in [-0.15, -0.1) is 0 Å². The first-order valence-electron chi connectivity index (χ1n) is 12.8. The quantitative estimate of drug-likeness (QED) is 0.540. The molecule has 0 spiro atoms. The van der Waals surface area contributed by atoms with Crippen LogP contribution in [0.5, 0.6) is 0 Å². The van der Waals surface area contributed by atoms with Crippen LogP contribution < -0.4 is 0 Å². The fourth-order valence-electron chi connectivity index (χ4n) is 5.95. The average molecular weight is 483 g/mol. The Labute approximate surface area is 211 Å². The molecule has 3 aliphatic rings. The summed E-state index contributed by atoms with van der Waals surface area (Å²) in [6.07, 6.45) is 4.38. The van der Waals surface area contributed by atoms with Crippen molar-refractivity contribution in [3.63, 3.8) is 0 Å². The first-order chi connectivity index (χ1) is 17.4. The highest BCUT2D eigenvalue weighted by atomic mass is 19.1. The first kappa shape index (κ1) is 23.0. The molecule has 1 fully saturated rings. The molecule has 6 heteroatoms. The molecular weight excluding hydrogens is 451 g/mol. The number of carbonyl (C=O) groups is 1. The molecule has 0 aliphatic carbocycles. The molecule has 1 atom stereocenters. The number of halogens is 1. The van der Waals surface area contributed by atoms with Gasteiger partial charge < -0.3 is 4.90 Å². The zero-order valence-electron chi connectivity index (χ0n) is 20.9. The fraction of sp³-hybridized carbons (Fsp3) is 0.367. The third-order valence-corrected chi connectivity index (χ3v) is 7.81. The molecule has 4 heterocycles. The van der Waals surface area contributed by atoms with Crippen LogP contribution in [0.25, 0.3) is 0 Å². The SMILES string of the molecule is Cc1cc(C2=NCc3cc4c(cc32)CN([C@@H]2CCCN(Cc3ccc(F)c(C)c3)C2)C(=O)C4)ccn1. The van der Waals surface area contributed by atoms with E-state index in [-0.39, 0.29) is 17.8 Å². The standard InChI is InChI=1S/C30H31FN4O/c1-19-10-21(5-6-28(19)31)16-34-9-3-4-26(18-34)35-17-25-13-27-24(12-23(25)14-29(35)36)15-33-30(27)22-7-8-32-20(2)11-22/h5-8,10-13,26H,3-4,9,14-18H2,1-2H3/t26-/m1/s1. The molecule has 2 aromatic carbocycles. The van der Waals surface area contributed by atoms with Crippen LogP contribution in [-0.4, -0.2) is 45.5 Å². The molecule has 184 valence electrons. The van der Waals surface area contributed by atoms with Gasteiger partial charge in [-0.05, 0) is 85.3 Å². The molecule has 36 heavy (non-hydrogen) atoms. The van der Waals surface area contributed by atoms with Crippen LogP contribution in [0.4, 0.5) is 4.39 Å². The maximum Gasteiger partial charge on any atom is 0.227 e. The highest BCUT2D eigenvalue weighted by Gasteiger charge is 2.33. The lowest BCUT2D eigenvalue weighted by molar-refractivity contribution is -0.135. The van der Waals surface area contributed by atoms with Crippen LogP contribution in [0.1, 0.15) is 57.5 Å². The summed E-state index contributed by atoms with van der Waals surface area (Å²) in [5, 5.41) is 0. The molecule has 3 aromatic rings. The number of carbonyl (C=O) groups excluding carboxylic acids is 1. The number of aromatic nitrogens is 1. The number of benzene rings is 2. The second kappa shape index (κ2) is 9.25. The molecule has 1 amide bonds. The summed E-state index contributed by atoms with van der Waals surface area (Å²) in [4.78, 5) is 26.9. The number of fused-ring (bicyclic) bond motifs is 2. The smallest absolute Gasteiger partial charge is 0.227 e. The van der Waals surface area contributed by atoms with Gasteiger partial charge in [0.1, 0.15) is 5.82 Å². The van der Waals surface area contributed by atoms with Gasteiger partial charge in [0.05, 0.1) is 18.7 Å². The Morgan fingerprint density at radius 1 is 1.06 bits per heavy atom. The third-order valence-electron chi connectivity index (χ3n) is 7.81. The second-order valence-corrected chi connectivity index (χ2v) is 10.4. The van der Waals surface area contributed by atoms with E-state index in [4.69, 9.17) is 4.99 Å². The Hall–Kier alpha value is -3.38. The number of hydrogen-bond acceptors (Lipinski definition) is 4. The molecule has 0 N–H and O–H groups in total. The van der Waals surface area contributed by atoms with Crippen LogP contribution in [0, 0.1) is 19.7 Å². The van der Waals surface area contributed by atoms with E-state index >= 15 is 0 Å². The molecule has 0 bridgehead atoms. The average Bonchev–Trinajstić information content (AvgIpc) is 3.27. The number of aryl methyl sites for hydroxylation is 2. The zero-order valence-corrected chi connectivity index (χ0v) is 20.9. The summed E-state index contributed by atoms with van der Waals surface area (Å²) < 4.78 is 13.7. The lowest BCUT2D eigenvalue weighted by atomic mass is 9.90. The minimum absolute atomic E-state index is 0.161. The molecular formula is C30H31FN4O. The van der Waals surface area contributed by atoms with Gasteiger partial charge in [0.25, 0.3) is 0 Å². The summed E-state index contributed by atoms with van der Waals surface area (Å²) >= 11 is 0. The van der Waals surface area contributed by atoms with Crippen molar-refractivity contribution in [3.8, 4) is 0 Å². The lowest BCUT2D eigenvalue weighted by Crippen LogP contribution is -2.51. The highest BCUT2D eigenvalue weighted by Crippen LogP contribution is 2.32. The van der Waals surface area contributed by atoms with Gasteiger partial charge in [-0.2, -0.15) is 0 Å². The predicted octanol–water partition coefficient (Wildman–Crippen LogP) is 4.74. The van der Waals surface area contributed by atoms with Gasteiger partial charge in [0.2, 0.25) is 5.91 Å². The second-order valence-electron chi connectivity index (χ2n) is 10.4. The summed E-state index contributed by atoms with van der Waals surface area (Å²) in [5.74, 6) is 0.0578. The van der Waals surface area contributed by atoms with E-state index in [0.717, 1.165) is 60.6 Å². The van der Waals surface area contributed by atoms with Crippen LogP contribution in [0.3, 0.4) is 0 Å². The molecule has 0 radical (unpaired) electrons. The number of rotatable bonds is 4. The van der Waals surface area contributed by atoms with Crippen molar-refractivity contribution >= 4 is 11.6 Å². The number of hydrogen-bond donors (Lipinski definition) is 0. The maximum atomic E-state index is 13.7. The fourth-order valence-corrected chi connectivity index (χ4v) is 5.95. The van der Waals surface area contributed by atoms with Gasteiger partial charge in [-0.1, -0.05) is 18.2 Å². The topological polar surface area (TPSA) is 48.8 Å². The van der Waals surface area contributed by atoms with Crippen molar-refractivity contribution in [2.24, 2.45) is 4.99 Å². The molecule has 0 unspecified atom stereocenters. The zero-order chi connectivity index (χ0) is 24.8. The van der Waals surface area contributed by atoms with Crippen molar-refractivity contribution in [1.29, 1.82) is 0 Å². The van der Waals surface area contributed by atoms with Crippen LogP contribution in [0.15, 0.2) is 53.7 Å². The van der Waals surface area contributed by atoms with E-state index in [0.29, 0.717) is 25.1 Å². The molecule has 0 saturated carbocycles. The third kappa shape index (κ3) is 4.35. The molecule has 6 rings (SSSR count). The van der Waals surface area contributed by atoms with Gasteiger partial charge in [0, 0.05) is 48.7 Å². The summed E-state index contributed by atoms with van der Waals surface area (Å²) in [7, 11) is 0. The van der Waals surface area contributed by atoms with E-state index in [2.05, 4.69) is 33.0 Å². The Bertz CT molecular complexity index is 1380. The predicted molar refractivity (Wildman–Crippen MR) is 138 cm³/mol. The van der Waals surface area contributed by atoms with Crippen LogP contribution in [-0.2, 0) is 30.8 Å². The largest absolute Gasteiger partial charge is 0.334 e. The number of likely N-dealkylation sites (tertiary alicyclic amines) is 1. The summed E-state index contributed by atoms with van der Waals surface area (Å²) in [6, 6.07) is 14.1. The molecule has 3 aliphatic heterocycles. The van der Waals surface area contributed by atoms with Crippen molar-refractivity contribution in [3.05, 3.63) is 99.1 Å². The lowest BCUT2D eigenvalue weighted by Gasteiger charge is -2.41. The highest BCUT2D eigenvalue weighted by molar-refractivity contribution is 6.15. The van der Waals surface area contributed by atoms with E-state index < -0.39 is 0 Å². The van der Waals surface area contributed by atoms with Crippen molar-refractivity contribution in [2.75, 3.05) is 13.1 Å². The maximum absolute atomic E-state index is 13.7. The number of amides is 1. The van der Waals surface area contributed by atoms with Gasteiger partial charge in [-0.25, -0.2) is 4.39 Å². The normalized spacial score (nSPS) is 19.8. The van der Waals surface area contributed by atoms with Crippen molar-refractivity contribution in [2.45, 2.75) is 58.8 Å². The Morgan fingerprint density at radius 3 is 2.78 bits per heavy atom. The minimum Gasteiger partial charge on any atom is -0.334 e. The van der Waals surface area contributed by atoms with E-state index in [1.807, 2.05) is 38.2 Å².